The zero-order valence-corrected chi connectivity index (χ0v) is 13.7. The first-order valence-corrected chi connectivity index (χ1v) is 9.38. The van der Waals surface area contributed by atoms with E-state index in [1.54, 1.807) is 4.31 Å². The van der Waals surface area contributed by atoms with Crippen molar-refractivity contribution in [2.45, 2.75) is 42.5 Å². The van der Waals surface area contributed by atoms with E-state index in [2.05, 4.69) is 5.32 Å². The molecular formula is C15H21N3O4S. The van der Waals surface area contributed by atoms with Gasteiger partial charge in [-0.25, -0.2) is 8.42 Å². The number of nitro benzene ring substituents is 1. The van der Waals surface area contributed by atoms with Crippen LogP contribution in [0.2, 0.25) is 0 Å². The number of rotatable bonds is 3. The highest BCUT2D eigenvalue weighted by molar-refractivity contribution is 7.89. The van der Waals surface area contributed by atoms with Gasteiger partial charge in [-0.05, 0) is 25.0 Å². The van der Waals surface area contributed by atoms with Gasteiger partial charge in [0.05, 0.1) is 9.82 Å². The van der Waals surface area contributed by atoms with E-state index in [1.165, 1.54) is 24.3 Å². The molecule has 1 aromatic rings. The Balaban J connectivity index is 1.94. The number of hydrogen-bond acceptors (Lipinski definition) is 5. The van der Waals surface area contributed by atoms with Gasteiger partial charge in [-0.15, -0.1) is 0 Å². The number of nitrogens with one attached hydrogen (secondary N) is 1. The third-order valence-electron chi connectivity index (χ3n) is 4.89. The minimum absolute atomic E-state index is 0.100. The summed E-state index contributed by atoms with van der Waals surface area (Å²) >= 11 is 0. The minimum atomic E-state index is -3.64. The van der Waals surface area contributed by atoms with Crippen LogP contribution >= 0.6 is 0 Å². The molecule has 2 aliphatic rings. The third kappa shape index (κ3) is 2.98. The van der Waals surface area contributed by atoms with E-state index in [0.29, 0.717) is 19.6 Å². The Morgan fingerprint density at radius 2 is 1.78 bits per heavy atom. The van der Waals surface area contributed by atoms with Crippen LogP contribution in [-0.4, -0.2) is 42.8 Å². The van der Waals surface area contributed by atoms with Crippen LogP contribution in [0.25, 0.3) is 0 Å². The second kappa shape index (κ2) is 6.18. The molecule has 0 bridgehead atoms. The van der Waals surface area contributed by atoms with Crippen LogP contribution in [0, 0.1) is 10.1 Å². The number of sulfonamides is 1. The minimum Gasteiger partial charge on any atom is -0.314 e. The third-order valence-corrected chi connectivity index (χ3v) is 6.91. The SMILES string of the molecule is O=[N+]([O-])c1ccc(S(=O)(=O)N2CCNCC23CCCCC3)cc1. The summed E-state index contributed by atoms with van der Waals surface area (Å²) in [5, 5.41) is 14.1. The van der Waals surface area contributed by atoms with Crippen molar-refractivity contribution in [3.05, 3.63) is 34.4 Å². The van der Waals surface area contributed by atoms with Crippen molar-refractivity contribution in [2.24, 2.45) is 0 Å². The van der Waals surface area contributed by atoms with Crippen molar-refractivity contribution < 1.29 is 13.3 Å². The fourth-order valence-corrected chi connectivity index (χ4v) is 5.53. The van der Waals surface area contributed by atoms with E-state index < -0.39 is 14.9 Å². The van der Waals surface area contributed by atoms with Gasteiger partial charge >= 0.3 is 0 Å². The van der Waals surface area contributed by atoms with E-state index in [1.807, 2.05) is 0 Å². The Bertz CT molecular complexity index is 673. The van der Waals surface area contributed by atoms with Gasteiger partial charge < -0.3 is 5.32 Å². The van der Waals surface area contributed by atoms with Gasteiger partial charge in [0.25, 0.3) is 5.69 Å². The molecule has 1 aliphatic heterocycles. The van der Waals surface area contributed by atoms with Crippen LogP contribution in [0.4, 0.5) is 5.69 Å². The van der Waals surface area contributed by atoms with Crippen molar-refractivity contribution in [2.75, 3.05) is 19.6 Å². The second-order valence-electron chi connectivity index (χ2n) is 6.29. The molecule has 3 rings (SSSR count). The molecule has 1 aromatic carbocycles. The number of hydrogen-bond donors (Lipinski definition) is 1. The van der Waals surface area contributed by atoms with E-state index in [4.69, 9.17) is 0 Å². The van der Waals surface area contributed by atoms with Crippen molar-refractivity contribution in [1.82, 2.24) is 9.62 Å². The van der Waals surface area contributed by atoms with Crippen LogP contribution < -0.4 is 5.32 Å². The predicted octanol–water partition coefficient (Wildman–Crippen LogP) is 1.89. The van der Waals surface area contributed by atoms with Gasteiger partial charge in [-0.2, -0.15) is 4.31 Å². The highest BCUT2D eigenvalue weighted by Gasteiger charge is 2.46. The van der Waals surface area contributed by atoms with Gasteiger partial charge in [-0.1, -0.05) is 19.3 Å². The summed E-state index contributed by atoms with van der Waals surface area (Å²) < 4.78 is 27.8. The summed E-state index contributed by atoms with van der Waals surface area (Å²) in [5.41, 5.74) is -0.450. The Labute approximate surface area is 135 Å². The molecule has 0 atom stereocenters. The normalized spacial score (nSPS) is 22.1. The van der Waals surface area contributed by atoms with Crippen LogP contribution in [0.3, 0.4) is 0 Å². The van der Waals surface area contributed by atoms with E-state index >= 15 is 0 Å². The second-order valence-corrected chi connectivity index (χ2v) is 8.15. The fourth-order valence-electron chi connectivity index (χ4n) is 3.71. The predicted molar refractivity (Wildman–Crippen MR) is 85.7 cm³/mol. The lowest BCUT2D eigenvalue weighted by Gasteiger charge is -2.48. The van der Waals surface area contributed by atoms with Crippen molar-refractivity contribution in [1.29, 1.82) is 0 Å². The topological polar surface area (TPSA) is 92.5 Å². The molecule has 0 amide bonds. The first-order valence-electron chi connectivity index (χ1n) is 7.94. The molecule has 126 valence electrons. The van der Waals surface area contributed by atoms with Crippen LogP contribution in [0.15, 0.2) is 29.2 Å². The summed E-state index contributed by atoms with van der Waals surface area (Å²) in [6.45, 7) is 1.76. The summed E-state index contributed by atoms with van der Waals surface area (Å²) in [7, 11) is -3.64. The average molecular weight is 339 g/mol. The molecule has 8 heteroatoms. The first-order chi connectivity index (χ1) is 11.0. The lowest BCUT2D eigenvalue weighted by atomic mass is 9.80. The smallest absolute Gasteiger partial charge is 0.269 e. The molecule has 7 nitrogen and oxygen atoms in total. The Hall–Kier alpha value is -1.51. The monoisotopic (exact) mass is 339 g/mol. The molecule has 1 heterocycles. The molecule has 0 unspecified atom stereocenters. The molecule has 1 N–H and O–H groups in total. The number of nitro groups is 1. The summed E-state index contributed by atoms with van der Waals surface area (Å²) in [6, 6.07) is 5.18. The number of benzene rings is 1. The Morgan fingerprint density at radius 3 is 2.39 bits per heavy atom. The van der Waals surface area contributed by atoms with Crippen LogP contribution in [-0.2, 0) is 10.0 Å². The van der Waals surface area contributed by atoms with E-state index in [9.17, 15) is 18.5 Å². The van der Waals surface area contributed by atoms with Crippen LogP contribution in [0.5, 0.6) is 0 Å². The lowest BCUT2D eigenvalue weighted by molar-refractivity contribution is -0.384. The lowest BCUT2D eigenvalue weighted by Crippen LogP contribution is -2.63. The van der Waals surface area contributed by atoms with Gasteiger partial charge in [0.15, 0.2) is 0 Å². The van der Waals surface area contributed by atoms with Gasteiger partial charge in [0.1, 0.15) is 0 Å². The Kier molecular flexibility index (Phi) is 4.39. The maximum atomic E-state index is 13.1. The Morgan fingerprint density at radius 1 is 1.13 bits per heavy atom. The molecule has 2 fully saturated rings. The van der Waals surface area contributed by atoms with Gasteiger partial charge in [0, 0.05) is 37.3 Å². The fraction of sp³-hybridized carbons (Fsp3) is 0.600. The molecule has 1 aliphatic carbocycles. The van der Waals surface area contributed by atoms with E-state index in [-0.39, 0.29) is 16.1 Å². The number of nitrogens with zero attached hydrogens (tertiary/aromatic N) is 2. The van der Waals surface area contributed by atoms with Crippen molar-refractivity contribution >= 4 is 15.7 Å². The molecule has 0 aromatic heterocycles. The van der Waals surface area contributed by atoms with Crippen molar-refractivity contribution in [3.63, 3.8) is 0 Å². The standard InChI is InChI=1S/C15H21N3O4S/c19-18(20)13-4-6-14(7-5-13)23(21,22)17-11-10-16-12-15(17)8-2-1-3-9-15/h4-7,16H,1-3,8-12H2. The quantitative estimate of drug-likeness (QED) is 0.670. The number of non-ortho nitro benzene ring substituents is 1. The zero-order chi connectivity index (χ0) is 16.5. The number of piperazine rings is 1. The highest BCUT2D eigenvalue weighted by Crippen LogP contribution is 2.38. The summed E-state index contributed by atoms with van der Waals surface area (Å²) in [6.07, 6.45) is 4.95. The molecular weight excluding hydrogens is 318 g/mol. The maximum Gasteiger partial charge on any atom is 0.269 e. The molecule has 1 saturated carbocycles. The molecule has 0 radical (unpaired) electrons. The summed E-state index contributed by atoms with van der Waals surface area (Å²) in [5.74, 6) is 0. The van der Waals surface area contributed by atoms with Gasteiger partial charge in [0.2, 0.25) is 10.0 Å². The molecule has 1 saturated heterocycles. The van der Waals surface area contributed by atoms with Crippen LogP contribution in [0.1, 0.15) is 32.1 Å². The molecule has 23 heavy (non-hydrogen) atoms. The molecule has 1 spiro atoms. The van der Waals surface area contributed by atoms with Crippen molar-refractivity contribution in [3.8, 4) is 0 Å². The first kappa shape index (κ1) is 16.4. The summed E-state index contributed by atoms with van der Waals surface area (Å²) in [4.78, 5) is 10.4. The maximum absolute atomic E-state index is 13.1. The van der Waals surface area contributed by atoms with E-state index in [0.717, 1.165) is 32.1 Å². The highest BCUT2D eigenvalue weighted by atomic mass is 32.2. The van der Waals surface area contributed by atoms with Gasteiger partial charge in [-0.3, -0.25) is 10.1 Å². The largest absolute Gasteiger partial charge is 0.314 e. The zero-order valence-electron chi connectivity index (χ0n) is 12.9. The average Bonchev–Trinajstić information content (AvgIpc) is 2.56.